The first-order valence-corrected chi connectivity index (χ1v) is 9.64. The van der Waals surface area contributed by atoms with Crippen LogP contribution >= 0.6 is 11.3 Å². The van der Waals surface area contributed by atoms with Crippen LogP contribution in [0.3, 0.4) is 0 Å². The van der Waals surface area contributed by atoms with Gasteiger partial charge in [-0.3, -0.25) is 14.2 Å². The quantitative estimate of drug-likeness (QED) is 0.664. The largest absolute Gasteiger partial charge is 0.416 e. The Hall–Kier alpha value is -2.68. The molecule has 1 aromatic carbocycles. The van der Waals surface area contributed by atoms with Gasteiger partial charge in [0.2, 0.25) is 5.91 Å². The van der Waals surface area contributed by atoms with Crippen molar-refractivity contribution in [1.82, 2.24) is 14.5 Å². The molecule has 0 aliphatic carbocycles. The summed E-state index contributed by atoms with van der Waals surface area (Å²) in [6.07, 6.45) is -1.15. The lowest BCUT2D eigenvalue weighted by Crippen LogP contribution is -2.34. The van der Waals surface area contributed by atoms with E-state index >= 15 is 0 Å². The lowest BCUT2D eigenvalue weighted by atomic mass is 10.1. The summed E-state index contributed by atoms with van der Waals surface area (Å²) in [7, 11) is 0. The van der Waals surface area contributed by atoms with Gasteiger partial charge in [-0.1, -0.05) is 12.1 Å². The van der Waals surface area contributed by atoms with Gasteiger partial charge < -0.3 is 4.90 Å². The number of alkyl halides is 3. The summed E-state index contributed by atoms with van der Waals surface area (Å²) in [6.45, 7) is 1.29. The van der Waals surface area contributed by atoms with Gasteiger partial charge in [0.25, 0.3) is 5.56 Å². The minimum atomic E-state index is -4.42. The third-order valence-corrected chi connectivity index (χ3v) is 5.84. The smallest absolute Gasteiger partial charge is 0.341 e. The molecule has 3 heterocycles. The van der Waals surface area contributed by atoms with Crippen molar-refractivity contribution in [2.45, 2.75) is 25.6 Å². The van der Waals surface area contributed by atoms with E-state index in [-0.39, 0.29) is 18.0 Å². The first kappa shape index (κ1) is 18.7. The van der Waals surface area contributed by atoms with Gasteiger partial charge in [0.05, 0.1) is 22.8 Å². The topological polar surface area (TPSA) is 55.2 Å². The summed E-state index contributed by atoms with van der Waals surface area (Å²) in [5.41, 5.74) is -0.136. The highest BCUT2D eigenvalue weighted by Gasteiger charge is 2.30. The number of hydrogen-bond acceptors (Lipinski definition) is 4. The number of rotatable bonds is 3. The van der Waals surface area contributed by atoms with E-state index in [0.29, 0.717) is 34.4 Å². The minimum Gasteiger partial charge on any atom is -0.341 e. The van der Waals surface area contributed by atoms with E-state index in [1.807, 2.05) is 0 Å². The van der Waals surface area contributed by atoms with Crippen LogP contribution in [0, 0.1) is 0 Å². The average Bonchev–Trinajstić information content (AvgIpc) is 3.33. The fourth-order valence-electron chi connectivity index (χ4n) is 3.33. The van der Waals surface area contributed by atoms with Crippen LogP contribution < -0.4 is 5.56 Å². The summed E-state index contributed by atoms with van der Waals surface area (Å²) >= 11 is 1.24. The number of fused-ring (bicyclic) bond motifs is 1. The van der Waals surface area contributed by atoms with E-state index in [2.05, 4.69) is 4.98 Å². The lowest BCUT2D eigenvalue weighted by molar-refractivity contribution is -0.137. The highest BCUT2D eigenvalue weighted by Crippen LogP contribution is 2.35. The molecule has 5 nitrogen and oxygen atoms in total. The van der Waals surface area contributed by atoms with Gasteiger partial charge in [0, 0.05) is 23.3 Å². The summed E-state index contributed by atoms with van der Waals surface area (Å²) in [4.78, 5) is 31.8. The third kappa shape index (κ3) is 3.42. The van der Waals surface area contributed by atoms with Crippen molar-refractivity contribution in [3.05, 3.63) is 51.9 Å². The van der Waals surface area contributed by atoms with Gasteiger partial charge in [-0.2, -0.15) is 13.2 Å². The maximum Gasteiger partial charge on any atom is 0.416 e. The van der Waals surface area contributed by atoms with Crippen molar-refractivity contribution in [2.75, 3.05) is 13.1 Å². The molecule has 0 unspecified atom stereocenters. The predicted molar refractivity (Wildman–Crippen MR) is 100 cm³/mol. The van der Waals surface area contributed by atoms with E-state index in [1.165, 1.54) is 34.4 Å². The predicted octanol–water partition coefficient (Wildman–Crippen LogP) is 3.77. The van der Waals surface area contributed by atoms with Crippen LogP contribution in [0.15, 0.2) is 40.8 Å². The monoisotopic (exact) mass is 407 g/mol. The lowest BCUT2D eigenvalue weighted by Gasteiger charge is -2.15. The zero-order valence-electron chi connectivity index (χ0n) is 14.7. The number of thiophene rings is 1. The minimum absolute atomic E-state index is 0.0932. The average molecular weight is 407 g/mol. The molecule has 0 bridgehead atoms. The molecule has 4 rings (SSSR count). The Kier molecular flexibility index (Phi) is 4.70. The van der Waals surface area contributed by atoms with E-state index in [4.69, 9.17) is 0 Å². The molecular formula is C19H16F3N3O2S. The molecule has 9 heteroatoms. The molecule has 2 aromatic heterocycles. The zero-order valence-corrected chi connectivity index (χ0v) is 15.5. The second kappa shape index (κ2) is 7.05. The van der Waals surface area contributed by atoms with Gasteiger partial charge in [0.15, 0.2) is 0 Å². The van der Waals surface area contributed by atoms with Gasteiger partial charge in [0.1, 0.15) is 6.54 Å². The summed E-state index contributed by atoms with van der Waals surface area (Å²) in [5.74, 6) is -0.132. The molecule has 28 heavy (non-hydrogen) atoms. The number of carbonyl (C=O) groups is 1. The van der Waals surface area contributed by atoms with Crippen LogP contribution in [0.25, 0.3) is 21.3 Å². The van der Waals surface area contributed by atoms with Crippen molar-refractivity contribution in [3.8, 4) is 10.4 Å². The summed E-state index contributed by atoms with van der Waals surface area (Å²) in [6, 6.07) is 4.68. The van der Waals surface area contributed by atoms with Crippen LogP contribution in [-0.2, 0) is 17.5 Å². The third-order valence-electron chi connectivity index (χ3n) is 4.82. The van der Waals surface area contributed by atoms with Gasteiger partial charge in [-0.15, -0.1) is 11.3 Å². The first-order chi connectivity index (χ1) is 13.3. The molecule has 1 fully saturated rings. The Morgan fingerprint density at radius 1 is 1.14 bits per heavy atom. The van der Waals surface area contributed by atoms with Crippen molar-refractivity contribution in [2.24, 2.45) is 0 Å². The van der Waals surface area contributed by atoms with Crippen LogP contribution in [0.5, 0.6) is 0 Å². The number of benzene rings is 1. The zero-order chi connectivity index (χ0) is 19.9. The fourth-order valence-corrected chi connectivity index (χ4v) is 4.32. The van der Waals surface area contributed by atoms with Crippen molar-refractivity contribution in [3.63, 3.8) is 0 Å². The van der Waals surface area contributed by atoms with E-state index < -0.39 is 11.7 Å². The van der Waals surface area contributed by atoms with Crippen LogP contribution in [-0.4, -0.2) is 33.4 Å². The molecule has 1 aliphatic rings. The maximum absolute atomic E-state index is 12.9. The molecule has 146 valence electrons. The molecule has 0 radical (unpaired) electrons. The molecule has 3 aromatic rings. The fraction of sp³-hybridized carbons (Fsp3) is 0.316. The summed E-state index contributed by atoms with van der Waals surface area (Å²) < 4.78 is 39.6. The van der Waals surface area contributed by atoms with Crippen molar-refractivity contribution < 1.29 is 18.0 Å². The van der Waals surface area contributed by atoms with Crippen LogP contribution in [0.2, 0.25) is 0 Å². The highest BCUT2D eigenvalue weighted by atomic mass is 32.1. The normalized spacial score (nSPS) is 14.8. The van der Waals surface area contributed by atoms with Gasteiger partial charge in [-0.25, -0.2) is 4.98 Å². The molecule has 0 atom stereocenters. The second-order valence-electron chi connectivity index (χ2n) is 6.67. The van der Waals surface area contributed by atoms with E-state index in [0.717, 1.165) is 25.0 Å². The molecular weight excluding hydrogens is 391 g/mol. The summed E-state index contributed by atoms with van der Waals surface area (Å²) in [5, 5.41) is 2.01. The number of halogens is 3. The Labute approximate surface area is 162 Å². The standard InChI is InChI=1S/C19H16F3N3O2S/c20-19(21,22)13-5-3-12(4-6-13)17-16-14(10-28-17)23-11-25(18(16)27)9-15(26)24-7-1-2-8-24/h3-6,10-11H,1-2,7-9H2. The Balaban J connectivity index is 1.70. The number of likely N-dealkylation sites (tertiary alicyclic amines) is 1. The van der Waals surface area contributed by atoms with Gasteiger partial charge >= 0.3 is 6.18 Å². The van der Waals surface area contributed by atoms with Crippen molar-refractivity contribution in [1.29, 1.82) is 0 Å². The van der Waals surface area contributed by atoms with E-state index in [1.54, 1.807) is 10.3 Å². The molecule has 0 N–H and O–H groups in total. The molecule has 1 saturated heterocycles. The molecule has 0 spiro atoms. The highest BCUT2D eigenvalue weighted by molar-refractivity contribution is 7.15. The Morgan fingerprint density at radius 3 is 2.46 bits per heavy atom. The van der Waals surface area contributed by atoms with Crippen molar-refractivity contribution >= 4 is 28.1 Å². The molecule has 1 aliphatic heterocycles. The number of nitrogens with zero attached hydrogens (tertiary/aromatic N) is 3. The number of aromatic nitrogens is 2. The van der Waals surface area contributed by atoms with Gasteiger partial charge in [-0.05, 0) is 30.5 Å². The number of hydrogen-bond donors (Lipinski definition) is 0. The molecule has 0 saturated carbocycles. The second-order valence-corrected chi connectivity index (χ2v) is 7.55. The number of amides is 1. The van der Waals surface area contributed by atoms with E-state index in [9.17, 15) is 22.8 Å². The Morgan fingerprint density at radius 2 is 1.82 bits per heavy atom. The first-order valence-electron chi connectivity index (χ1n) is 8.76. The Bertz CT molecular complexity index is 1080. The SMILES string of the molecule is O=C(Cn1cnc2csc(-c3ccc(C(F)(F)F)cc3)c2c1=O)N1CCCC1. The molecule has 1 amide bonds. The van der Waals surface area contributed by atoms with Crippen LogP contribution in [0.4, 0.5) is 13.2 Å². The number of carbonyl (C=O) groups excluding carboxylic acids is 1. The maximum atomic E-state index is 12.9. The van der Waals surface area contributed by atoms with Crippen LogP contribution in [0.1, 0.15) is 18.4 Å².